The van der Waals surface area contributed by atoms with Crippen molar-refractivity contribution in [3.8, 4) is 0 Å². The van der Waals surface area contributed by atoms with Crippen LogP contribution < -0.4 is 5.32 Å². The van der Waals surface area contributed by atoms with Crippen molar-refractivity contribution in [2.24, 2.45) is 0 Å². The molecule has 2 aliphatic rings. The highest BCUT2D eigenvalue weighted by molar-refractivity contribution is 8.00. The van der Waals surface area contributed by atoms with E-state index in [1.165, 1.54) is 37.9 Å². The second kappa shape index (κ2) is 5.83. The molecule has 0 spiro atoms. The zero-order chi connectivity index (χ0) is 10.7. The Morgan fingerprint density at radius 2 is 1.87 bits per heavy atom. The van der Waals surface area contributed by atoms with Gasteiger partial charge in [-0.15, -0.1) is 0 Å². The molecule has 15 heavy (non-hydrogen) atoms. The fourth-order valence-corrected chi connectivity index (χ4v) is 4.64. The van der Waals surface area contributed by atoms with E-state index in [9.17, 15) is 0 Å². The van der Waals surface area contributed by atoms with Gasteiger partial charge in [-0.2, -0.15) is 23.5 Å². The molecule has 1 N–H and O–H groups in total. The predicted octanol–water partition coefficient (Wildman–Crippen LogP) is 3.14. The first-order valence-corrected chi connectivity index (χ1v) is 8.52. The first kappa shape index (κ1) is 12.1. The minimum absolute atomic E-state index is 0.806. The summed E-state index contributed by atoms with van der Waals surface area (Å²) in [6.07, 6.45) is 9.30. The highest BCUT2D eigenvalue weighted by atomic mass is 32.2. The van der Waals surface area contributed by atoms with E-state index in [1.807, 2.05) is 0 Å². The van der Waals surface area contributed by atoms with E-state index < -0.39 is 0 Å². The van der Waals surface area contributed by atoms with Crippen LogP contribution in [0.3, 0.4) is 0 Å². The van der Waals surface area contributed by atoms with Crippen molar-refractivity contribution in [1.29, 1.82) is 0 Å². The van der Waals surface area contributed by atoms with Gasteiger partial charge < -0.3 is 5.32 Å². The topological polar surface area (TPSA) is 12.0 Å². The number of hydrogen-bond acceptors (Lipinski definition) is 3. The molecule has 0 radical (unpaired) electrons. The Morgan fingerprint density at radius 1 is 1.13 bits per heavy atom. The largest absolute Gasteiger partial charge is 0.310 e. The van der Waals surface area contributed by atoms with Crippen LogP contribution in [0.15, 0.2) is 0 Å². The quantitative estimate of drug-likeness (QED) is 0.820. The minimum Gasteiger partial charge on any atom is -0.310 e. The molecular weight excluding hydrogens is 222 g/mol. The normalized spacial score (nSPS) is 42.0. The van der Waals surface area contributed by atoms with Crippen LogP contribution in [0.1, 0.15) is 39.0 Å². The summed E-state index contributed by atoms with van der Waals surface area (Å²) in [6.45, 7) is 2.36. The summed E-state index contributed by atoms with van der Waals surface area (Å²) in [5.74, 6) is 1.34. The molecular formula is C12H23NS2. The van der Waals surface area contributed by atoms with Crippen molar-refractivity contribution in [3.63, 3.8) is 0 Å². The fraction of sp³-hybridized carbons (Fsp3) is 1.00. The zero-order valence-electron chi connectivity index (χ0n) is 9.87. The van der Waals surface area contributed by atoms with E-state index in [-0.39, 0.29) is 0 Å². The van der Waals surface area contributed by atoms with Crippen LogP contribution in [0.5, 0.6) is 0 Å². The van der Waals surface area contributed by atoms with Crippen molar-refractivity contribution < 1.29 is 0 Å². The third kappa shape index (κ3) is 3.57. The van der Waals surface area contributed by atoms with Crippen LogP contribution in [0.2, 0.25) is 0 Å². The summed E-state index contributed by atoms with van der Waals surface area (Å²) in [5, 5.41) is 5.69. The molecule has 2 fully saturated rings. The molecule has 0 amide bonds. The summed E-state index contributed by atoms with van der Waals surface area (Å²) >= 11 is 4.19. The smallest absolute Gasteiger partial charge is 0.0171 e. The maximum absolute atomic E-state index is 3.86. The van der Waals surface area contributed by atoms with Crippen LogP contribution in [0.25, 0.3) is 0 Å². The van der Waals surface area contributed by atoms with E-state index in [1.54, 1.807) is 0 Å². The highest BCUT2D eigenvalue weighted by Gasteiger charge is 2.26. The van der Waals surface area contributed by atoms with Crippen LogP contribution in [-0.4, -0.2) is 34.6 Å². The molecule has 2 rings (SSSR count). The van der Waals surface area contributed by atoms with Crippen molar-refractivity contribution in [3.05, 3.63) is 0 Å². The second-order valence-electron chi connectivity index (χ2n) is 4.95. The Morgan fingerprint density at radius 3 is 2.40 bits per heavy atom. The molecule has 0 aromatic heterocycles. The molecule has 1 aliphatic carbocycles. The van der Waals surface area contributed by atoms with Crippen molar-refractivity contribution in [2.45, 2.75) is 61.6 Å². The van der Waals surface area contributed by atoms with Crippen LogP contribution in [-0.2, 0) is 0 Å². The lowest BCUT2D eigenvalue weighted by atomic mass is 9.94. The lowest BCUT2D eigenvalue weighted by Gasteiger charge is -2.30. The summed E-state index contributed by atoms with van der Waals surface area (Å²) in [7, 11) is 0. The van der Waals surface area contributed by atoms with Gasteiger partial charge in [-0.3, -0.25) is 0 Å². The van der Waals surface area contributed by atoms with E-state index in [2.05, 4.69) is 42.0 Å². The van der Waals surface area contributed by atoms with E-state index >= 15 is 0 Å². The maximum atomic E-state index is 3.86. The van der Waals surface area contributed by atoms with Crippen molar-refractivity contribution >= 4 is 23.5 Å². The fourth-order valence-electron chi connectivity index (χ4n) is 2.73. The van der Waals surface area contributed by atoms with Gasteiger partial charge in [-0.1, -0.05) is 6.92 Å². The number of rotatable bonds is 3. The van der Waals surface area contributed by atoms with Crippen molar-refractivity contribution in [1.82, 2.24) is 5.32 Å². The molecule has 2 atom stereocenters. The molecule has 0 bridgehead atoms. The lowest BCUT2D eigenvalue weighted by molar-refractivity contribution is 0.348. The number of thioether (sulfide) groups is 2. The Hall–Kier alpha value is 0.660. The second-order valence-corrected chi connectivity index (χ2v) is 7.56. The Kier molecular flexibility index (Phi) is 4.71. The zero-order valence-corrected chi connectivity index (χ0v) is 11.5. The third-order valence-corrected chi connectivity index (χ3v) is 6.17. The molecule has 1 heterocycles. The van der Waals surface area contributed by atoms with Gasteiger partial charge >= 0.3 is 0 Å². The highest BCUT2D eigenvalue weighted by Crippen LogP contribution is 2.30. The van der Waals surface area contributed by atoms with Crippen LogP contribution >= 0.6 is 23.5 Å². The van der Waals surface area contributed by atoms with Crippen LogP contribution in [0, 0.1) is 0 Å². The van der Waals surface area contributed by atoms with E-state index in [4.69, 9.17) is 0 Å². The lowest BCUT2D eigenvalue weighted by Crippen LogP contribution is -2.41. The van der Waals surface area contributed by atoms with Gasteiger partial charge in [0.15, 0.2) is 0 Å². The number of hydrogen-bond donors (Lipinski definition) is 1. The Labute approximate surface area is 103 Å². The van der Waals surface area contributed by atoms with E-state index in [0.717, 1.165) is 22.6 Å². The predicted molar refractivity (Wildman–Crippen MR) is 73.0 cm³/mol. The third-order valence-electron chi connectivity index (χ3n) is 3.68. The first-order valence-electron chi connectivity index (χ1n) is 6.18. The molecule has 0 aromatic carbocycles. The molecule has 1 nitrogen and oxygen atoms in total. The Balaban J connectivity index is 1.68. The van der Waals surface area contributed by atoms with Gasteiger partial charge in [0, 0.05) is 28.3 Å². The average molecular weight is 245 g/mol. The van der Waals surface area contributed by atoms with Crippen molar-refractivity contribution in [2.75, 3.05) is 12.0 Å². The summed E-state index contributed by atoms with van der Waals surface area (Å²) < 4.78 is 0. The molecule has 1 aliphatic heterocycles. The van der Waals surface area contributed by atoms with Crippen LogP contribution in [0.4, 0.5) is 0 Å². The average Bonchev–Trinajstić information content (AvgIpc) is 2.65. The Bertz CT molecular complexity index is 190. The van der Waals surface area contributed by atoms with Gasteiger partial charge in [-0.25, -0.2) is 0 Å². The molecule has 2 unspecified atom stereocenters. The van der Waals surface area contributed by atoms with E-state index in [0.29, 0.717) is 0 Å². The molecule has 88 valence electrons. The number of nitrogens with one attached hydrogen (secondary N) is 1. The van der Waals surface area contributed by atoms with Gasteiger partial charge in [0.1, 0.15) is 0 Å². The minimum atomic E-state index is 0.806. The molecule has 1 saturated carbocycles. The first-order chi connectivity index (χ1) is 7.28. The summed E-state index contributed by atoms with van der Waals surface area (Å²) in [4.78, 5) is 0. The summed E-state index contributed by atoms with van der Waals surface area (Å²) in [6, 6.07) is 1.63. The maximum Gasteiger partial charge on any atom is 0.0171 e. The van der Waals surface area contributed by atoms with Gasteiger partial charge in [0.2, 0.25) is 0 Å². The summed E-state index contributed by atoms with van der Waals surface area (Å²) in [5.41, 5.74) is 0. The monoisotopic (exact) mass is 245 g/mol. The molecule has 1 saturated heterocycles. The SMILES string of the molecule is CSC1CCC(NC2CSC(C)C2)CC1. The molecule has 0 aromatic rings. The standard InChI is InChI=1S/C12H23NS2/c1-9-7-11(8-15-9)13-10-3-5-12(14-2)6-4-10/h9-13H,3-8H2,1-2H3. The van der Waals surface area contributed by atoms with Gasteiger partial charge in [-0.05, 0) is 38.4 Å². The van der Waals surface area contributed by atoms with Gasteiger partial charge in [0.05, 0.1) is 0 Å². The molecule has 3 heteroatoms. The van der Waals surface area contributed by atoms with Gasteiger partial charge in [0.25, 0.3) is 0 Å².